The molecule has 0 aliphatic carbocycles. The number of nitrogen functional groups attached to an aromatic ring is 1. The second-order valence-corrected chi connectivity index (χ2v) is 4.23. The third-order valence-corrected chi connectivity index (χ3v) is 2.74. The van der Waals surface area contributed by atoms with Crippen LogP contribution in [0.5, 0.6) is 0 Å². The summed E-state index contributed by atoms with van der Waals surface area (Å²) in [7, 11) is 0. The van der Waals surface area contributed by atoms with Gasteiger partial charge in [-0.2, -0.15) is 13.2 Å². The van der Waals surface area contributed by atoms with Crippen molar-refractivity contribution in [3.05, 3.63) is 59.4 Å². The minimum absolute atomic E-state index is 0.0402. The number of alkyl halides is 3. The van der Waals surface area contributed by atoms with E-state index >= 15 is 0 Å². The van der Waals surface area contributed by atoms with Gasteiger partial charge in [0.2, 0.25) is 0 Å². The predicted octanol–water partition coefficient (Wildman–Crippen LogP) is 3.68. The normalized spacial score (nSPS) is 11.2. The topological polar surface area (TPSA) is 55.1 Å². The van der Waals surface area contributed by atoms with Gasteiger partial charge in [-0.3, -0.25) is 4.79 Å². The monoisotopic (exact) mass is 298 g/mol. The van der Waals surface area contributed by atoms with E-state index < -0.39 is 29.0 Å². The Labute approximate surface area is 117 Å². The zero-order valence-corrected chi connectivity index (χ0v) is 10.5. The standard InChI is InChI=1S/C14H10F4N2O/c15-8-5-6-12(11(19)7-8)20-13(21)9-3-1-2-4-10(9)14(16,17)18/h1-7H,19H2,(H,20,21). The molecule has 0 radical (unpaired) electrons. The molecule has 2 aromatic rings. The number of nitrogens with two attached hydrogens (primary N) is 1. The van der Waals surface area contributed by atoms with Crippen molar-refractivity contribution in [1.82, 2.24) is 0 Å². The predicted molar refractivity (Wildman–Crippen MR) is 70.2 cm³/mol. The van der Waals surface area contributed by atoms with Crippen molar-refractivity contribution in [1.29, 1.82) is 0 Å². The lowest BCUT2D eigenvalue weighted by Crippen LogP contribution is -2.19. The van der Waals surface area contributed by atoms with Gasteiger partial charge >= 0.3 is 6.18 Å². The summed E-state index contributed by atoms with van der Waals surface area (Å²) >= 11 is 0. The van der Waals surface area contributed by atoms with Crippen LogP contribution in [0.25, 0.3) is 0 Å². The van der Waals surface area contributed by atoms with Crippen LogP contribution in [0.2, 0.25) is 0 Å². The van der Waals surface area contributed by atoms with Gasteiger partial charge in [0.05, 0.1) is 22.5 Å². The summed E-state index contributed by atoms with van der Waals surface area (Å²) < 4.78 is 51.4. The van der Waals surface area contributed by atoms with Crippen LogP contribution in [-0.2, 0) is 6.18 Å². The average Bonchev–Trinajstić information content (AvgIpc) is 2.41. The number of amides is 1. The smallest absolute Gasteiger partial charge is 0.397 e. The zero-order chi connectivity index (χ0) is 15.6. The second kappa shape index (κ2) is 5.43. The molecule has 0 aliphatic heterocycles. The number of rotatable bonds is 2. The number of hydrogen-bond donors (Lipinski definition) is 2. The van der Waals surface area contributed by atoms with Crippen LogP contribution < -0.4 is 11.1 Å². The van der Waals surface area contributed by atoms with Gasteiger partial charge in [0.25, 0.3) is 5.91 Å². The van der Waals surface area contributed by atoms with Crippen molar-refractivity contribution >= 4 is 17.3 Å². The number of benzene rings is 2. The van der Waals surface area contributed by atoms with Gasteiger partial charge in [0.15, 0.2) is 0 Å². The summed E-state index contributed by atoms with van der Waals surface area (Å²) in [5.74, 6) is -1.58. The van der Waals surface area contributed by atoms with Crippen LogP contribution in [0, 0.1) is 5.82 Å². The van der Waals surface area contributed by atoms with Crippen molar-refractivity contribution in [3.8, 4) is 0 Å². The van der Waals surface area contributed by atoms with Gasteiger partial charge in [0, 0.05) is 0 Å². The fraction of sp³-hybridized carbons (Fsp3) is 0.0714. The first-order chi connectivity index (χ1) is 9.79. The van der Waals surface area contributed by atoms with Gasteiger partial charge in [-0.05, 0) is 30.3 Å². The summed E-state index contributed by atoms with van der Waals surface area (Å²) in [4.78, 5) is 12.0. The molecule has 2 rings (SSSR count). The van der Waals surface area contributed by atoms with Crippen LogP contribution in [0.4, 0.5) is 28.9 Å². The Morgan fingerprint density at radius 3 is 2.38 bits per heavy atom. The second-order valence-electron chi connectivity index (χ2n) is 4.23. The number of carbonyl (C=O) groups is 1. The highest BCUT2D eigenvalue weighted by Crippen LogP contribution is 2.32. The van der Waals surface area contributed by atoms with Crippen molar-refractivity contribution < 1.29 is 22.4 Å². The number of anilines is 2. The third kappa shape index (κ3) is 3.31. The summed E-state index contributed by atoms with van der Waals surface area (Å²) in [6.45, 7) is 0. The Bertz CT molecular complexity index is 683. The maximum Gasteiger partial charge on any atom is 0.417 e. The Morgan fingerprint density at radius 2 is 1.76 bits per heavy atom. The average molecular weight is 298 g/mol. The van der Waals surface area contributed by atoms with Crippen molar-refractivity contribution in [2.75, 3.05) is 11.1 Å². The molecule has 0 saturated carbocycles. The Balaban J connectivity index is 2.33. The minimum Gasteiger partial charge on any atom is -0.397 e. The van der Waals surface area contributed by atoms with E-state index in [1.165, 1.54) is 18.2 Å². The lowest BCUT2D eigenvalue weighted by atomic mass is 10.1. The van der Waals surface area contributed by atoms with Crippen LogP contribution in [0.15, 0.2) is 42.5 Å². The molecule has 0 atom stereocenters. The first-order valence-corrected chi connectivity index (χ1v) is 5.81. The summed E-state index contributed by atoms with van der Waals surface area (Å²) in [5, 5.41) is 2.24. The number of hydrogen-bond acceptors (Lipinski definition) is 2. The first kappa shape index (κ1) is 14.8. The Hall–Kier alpha value is -2.57. The van der Waals surface area contributed by atoms with E-state index in [-0.39, 0.29) is 11.4 Å². The molecule has 0 bridgehead atoms. The van der Waals surface area contributed by atoms with E-state index in [1.807, 2.05) is 0 Å². The largest absolute Gasteiger partial charge is 0.417 e. The lowest BCUT2D eigenvalue weighted by Gasteiger charge is -2.13. The quantitative estimate of drug-likeness (QED) is 0.656. The molecule has 0 heterocycles. The van der Waals surface area contributed by atoms with Gasteiger partial charge in [0.1, 0.15) is 5.82 Å². The number of halogens is 4. The molecular formula is C14H10F4N2O. The maximum absolute atomic E-state index is 12.9. The molecule has 7 heteroatoms. The van der Waals surface area contributed by atoms with E-state index in [0.29, 0.717) is 0 Å². The van der Waals surface area contributed by atoms with E-state index in [0.717, 1.165) is 24.3 Å². The lowest BCUT2D eigenvalue weighted by molar-refractivity contribution is -0.137. The molecule has 3 N–H and O–H groups in total. The molecule has 0 spiro atoms. The fourth-order valence-corrected chi connectivity index (χ4v) is 1.77. The Kier molecular flexibility index (Phi) is 3.84. The fourth-order valence-electron chi connectivity index (χ4n) is 1.77. The van der Waals surface area contributed by atoms with Gasteiger partial charge in [-0.25, -0.2) is 4.39 Å². The summed E-state index contributed by atoms with van der Waals surface area (Å²) in [6, 6.07) is 7.55. The maximum atomic E-state index is 12.9. The Morgan fingerprint density at radius 1 is 1.10 bits per heavy atom. The number of nitrogens with one attached hydrogen (secondary N) is 1. The van der Waals surface area contributed by atoms with Crippen molar-refractivity contribution in [2.45, 2.75) is 6.18 Å². The van der Waals surface area contributed by atoms with Gasteiger partial charge in [-0.15, -0.1) is 0 Å². The molecule has 21 heavy (non-hydrogen) atoms. The zero-order valence-electron chi connectivity index (χ0n) is 10.5. The minimum atomic E-state index is -4.65. The summed E-state index contributed by atoms with van der Waals surface area (Å²) in [6.07, 6.45) is -4.65. The highest BCUT2D eigenvalue weighted by Gasteiger charge is 2.34. The van der Waals surface area contributed by atoms with Crippen LogP contribution in [0.1, 0.15) is 15.9 Å². The SMILES string of the molecule is Nc1cc(F)ccc1NC(=O)c1ccccc1C(F)(F)F. The molecule has 0 fully saturated rings. The molecule has 1 amide bonds. The highest BCUT2D eigenvalue weighted by atomic mass is 19.4. The van der Waals surface area contributed by atoms with Gasteiger partial charge < -0.3 is 11.1 Å². The van der Waals surface area contributed by atoms with E-state index in [1.54, 1.807) is 0 Å². The van der Waals surface area contributed by atoms with E-state index in [4.69, 9.17) is 5.73 Å². The number of carbonyl (C=O) groups excluding carboxylic acids is 1. The molecular weight excluding hydrogens is 288 g/mol. The molecule has 110 valence electrons. The van der Waals surface area contributed by atoms with Crippen LogP contribution >= 0.6 is 0 Å². The van der Waals surface area contributed by atoms with Crippen LogP contribution in [-0.4, -0.2) is 5.91 Å². The van der Waals surface area contributed by atoms with Gasteiger partial charge in [-0.1, -0.05) is 12.1 Å². The van der Waals surface area contributed by atoms with E-state index in [9.17, 15) is 22.4 Å². The summed E-state index contributed by atoms with van der Waals surface area (Å²) in [5.41, 5.74) is 3.87. The van der Waals surface area contributed by atoms with Crippen molar-refractivity contribution in [3.63, 3.8) is 0 Å². The van der Waals surface area contributed by atoms with Crippen molar-refractivity contribution in [2.24, 2.45) is 0 Å². The third-order valence-electron chi connectivity index (χ3n) is 2.74. The molecule has 0 aromatic heterocycles. The molecule has 0 saturated heterocycles. The van der Waals surface area contributed by atoms with Crippen LogP contribution in [0.3, 0.4) is 0 Å². The van der Waals surface area contributed by atoms with E-state index in [2.05, 4.69) is 5.32 Å². The first-order valence-electron chi connectivity index (χ1n) is 5.81. The molecule has 0 unspecified atom stereocenters. The molecule has 2 aromatic carbocycles. The molecule has 3 nitrogen and oxygen atoms in total. The highest BCUT2D eigenvalue weighted by molar-refractivity contribution is 6.06. The molecule has 0 aliphatic rings.